The molecular weight excluding hydrogens is 237 g/mol. The van der Waals surface area contributed by atoms with E-state index in [2.05, 4.69) is 44.3 Å². The van der Waals surface area contributed by atoms with E-state index in [0.717, 1.165) is 5.69 Å². The SMILES string of the molecule is Cc1cc(C)cc(C(C)Nc2cccc(F)c2C)c1. The average molecular weight is 257 g/mol. The third-order valence-electron chi connectivity index (χ3n) is 3.38. The van der Waals surface area contributed by atoms with Gasteiger partial charge in [0.2, 0.25) is 0 Å². The van der Waals surface area contributed by atoms with Gasteiger partial charge in [-0.1, -0.05) is 35.4 Å². The fourth-order valence-corrected chi connectivity index (χ4v) is 2.34. The van der Waals surface area contributed by atoms with Crippen LogP contribution in [0.2, 0.25) is 0 Å². The Morgan fingerprint density at radius 1 is 1.00 bits per heavy atom. The summed E-state index contributed by atoms with van der Waals surface area (Å²) in [7, 11) is 0. The minimum absolute atomic E-state index is 0.152. The summed E-state index contributed by atoms with van der Waals surface area (Å²) in [6.45, 7) is 8.08. The highest BCUT2D eigenvalue weighted by Crippen LogP contribution is 2.24. The molecule has 0 amide bonds. The third kappa shape index (κ3) is 3.14. The van der Waals surface area contributed by atoms with Crippen molar-refractivity contribution in [3.63, 3.8) is 0 Å². The molecular formula is C17H20FN. The number of halogens is 1. The molecule has 1 nitrogen and oxygen atoms in total. The Hall–Kier alpha value is -1.83. The van der Waals surface area contributed by atoms with E-state index in [-0.39, 0.29) is 11.9 Å². The van der Waals surface area contributed by atoms with E-state index >= 15 is 0 Å². The average Bonchev–Trinajstić information content (AvgIpc) is 2.33. The summed E-state index contributed by atoms with van der Waals surface area (Å²) in [6, 6.07) is 11.8. The highest BCUT2D eigenvalue weighted by Gasteiger charge is 2.09. The minimum Gasteiger partial charge on any atom is -0.378 e. The van der Waals surface area contributed by atoms with Crippen molar-refractivity contribution in [3.05, 3.63) is 64.5 Å². The van der Waals surface area contributed by atoms with Gasteiger partial charge in [0.15, 0.2) is 0 Å². The van der Waals surface area contributed by atoms with Crippen molar-refractivity contribution in [2.24, 2.45) is 0 Å². The first-order chi connectivity index (χ1) is 8.97. The van der Waals surface area contributed by atoms with Crippen molar-refractivity contribution in [3.8, 4) is 0 Å². The molecule has 0 saturated heterocycles. The lowest BCUT2D eigenvalue weighted by molar-refractivity contribution is 0.618. The number of hydrogen-bond donors (Lipinski definition) is 1. The van der Waals surface area contributed by atoms with Gasteiger partial charge in [0.25, 0.3) is 0 Å². The van der Waals surface area contributed by atoms with E-state index in [9.17, 15) is 4.39 Å². The Bertz CT molecular complexity index is 570. The van der Waals surface area contributed by atoms with Crippen LogP contribution in [-0.2, 0) is 0 Å². The number of rotatable bonds is 3. The summed E-state index contributed by atoms with van der Waals surface area (Å²) >= 11 is 0. The summed E-state index contributed by atoms with van der Waals surface area (Å²) in [6.07, 6.45) is 0. The van der Waals surface area contributed by atoms with Gasteiger partial charge in [-0.3, -0.25) is 0 Å². The standard InChI is InChI=1S/C17H20FN/c1-11-8-12(2)10-15(9-11)14(4)19-17-7-5-6-16(18)13(17)3/h5-10,14,19H,1-4H3. The molecule has 0 heterocycles. The van der Waals surface area contributed by atoms with Crippen molar-refractivity contribution >= 4 is 5.69 Å². The summed E-state index contributed by atoms with van der Waals surface area (Å²) < 4.78 is 13.5. The Balaban J connectivity index is 2.25. The molecule has 0 aliphatic rings. The van der Waals surface area contributed by atoms with E-state index in [1.807, 2.05) is 6.07 Å². The fraction of sp³-hybridized carbons (Fsp3) is 0.294. The smallest absolute Gasteiger partial charge is 0.128 e. The van der Waals surface area contributed by atoms with Gasteiger partial charge < -0.3 is 5.32 Å². The zero-order valence-electron chi connectivity index (χ0n) is 11.9. The van der Waals surface area contributed by atoms with E-state index in [4.69, 9.17) is 0 Å². The maximum Gasteiger partial charge on any atom is 0.128 e. The van der Waals surface area contributed by atoms with Gasteiger partial charge in [-0.2, -0.15) is 0 Å². The van der Waals surface area contributed by atoms with Crippen LogP contribution in [0.3, 0.4) is 0 Å². The van der Waals surface area contributed by atoms with E-state index in [1.165, 1.54) is 22.8 Å². The predicted octanol–water partition coefficient (Wildman–Crippen LogP) is 4.92. The van der Waals surface area contributed by atoms with Crippen LogP contribution in [0, 0.1) is 26.6 Å². The summed E-state index contributed by atoms with van der Waals surface area (Å²) in [5, 5.41) is 3.38. The van der Waals surface area contributed by atoms with Crippen LogP contribution >= 0.6 is 0 Å². The first kappa shape index (κ1) is 13.6. The van der Waals surface area contributed by atoms with Crippen molar-refractivity contribution in [1.82, 2.24) is 0 Å². The molecule has 0 radical (unpaired) electrons. The molecule has 0 aliphatic heterocycles. The van der Waals surface area contributed by atoms with Crippen LogP contribution in [0.25, 0.3) is 0 Å². The van der Waals surface area contributed by atoms with Crippen LogP contribution in [-0.4, -0.2) is 0 Å². The molecule has 0 spiro atoms. The normalized spacial score (nSPS) is 12.3. The van der Waals surface area contributed by atoms with Gasteiger partial charge in [-0.05, 0) is 45.4 Å². The van der Waals surface area contributed by atoms with Crippen molar-refractivity contribution in [2.45, 2.75) is 33.7 Å². The maximum atomic E-state index is 13.5. The molecule has 2 aromatic rings. The minimum atomic E-state index is -0.169. The largest absolute Gasteiger partial charge is 0.378 e. The molecule has 1 unspecified atom stereocenters. The van der Waals surface area contributed by atoms with Crippen LogP contribution in [0.5, 0.6) is 0 Å². The van der Waals surface area contributed by atoms with Crippen molar-refractivity contribution < 1.29 is 4.39 Å². The monoisotopic (exact) mass is 257 g/mol. The van der Waals surface area contributed by atoms with Crippen LogP contribution in [0.4, 0.5) is 10.1 Å². The van der Waals surface area contributed by atoms with E-state index in [1.54, 1.807) is 13.0 Å². The topological polar surface area (TPSA) is 12.0 Å². The fourth-order valence-electron chi connectivity index (χ4n) is 2.34. The van der Waals surface area contributed by atoms with Gasteiger partial charge in [0.1, 0.15) is 5.82 Å². The first-order valence-corrected chi connectivity index (χ1v) is 6.57. The zero-order valence-corrected chi connectivity index (χ0v) is 11.9. The first-order valence-electron chi connectivity index (χ1n) is 6.57. The molecule has 0 fully saturated rings. The highest BCUT2D eigenvalue weighted by atomic mass is 19.1. The lowest BCUT2D eigenvalue weighted by Gasteiger charge is -2.18. The number of benzene rings is 2. The molecule has 0 aromatic heterocycles. The van der Waals surface area contributed by atoms with Crippen LogP contribution < -0.4 is 5.32 Å². The Morgan fingerprint density at radius 2 is 1.63 bits per heavy atom. The molecule has 1 atom stereocenters. The number of hydrogen-bond acceptors (Lipinski definition) is 1. The number of anilines is 1. The predicted molar refractivity (Wildman–Crippen MR) is 79.1 cm³/mol. The molecule has 1 N–H and O–H groups in total. The zero-order chi connectivity index (χ0) is 14.0. The maximum absolute atomic E-state index is 13.5. The quantitative estimate of drug-likeness (QED) is 0.822. The second-order valence-corrected chi connectivity index (χ2v) is 5.20. The van der Waals surface area contributed by atoms with Gasteiger partial charge in [-0.25, -0.2) is 4.39 Å². The number of nitrogens with one attached hydrogen (secondary N) is 1. The molecule has 2 heteroatoms. The second kappa shape index (κ2) is 5.43. The Morgan fingerprint density at radius 3 is 2.26 bits per heavy atom. The van der Waals surface area contributed by atoms with Crippen LogP contribution in [0.1, 0.15) is 35.2 Å². The molecule has 2 rings (SSSR count). The van der Waals surface area contributed by atoms with Gasteiger partial charge in [0.05, 0.1) is 0 Å². The molecule has 100 valence electrons. The molecule has 0 bridgehead atoms. The van der Waals surface area contributed by atoms with Crippen molar-refractivity contribution in [1.29, 1.82) is 0 Å². The van der Waals surface area contributed by atoms with E-state index < -0.39 is 0 Å². The highest BCUT2D eigenvalue weighted by molar-refractivity contribution is 5.52. The third-order valence-corrected chi connectivity index (χ3v) is 3.38. The van der Waals surface area contributed by atoms with Gasteiger partial charge in [-0.15, -0.1) is 0 Å². The van der Waals surface area contributed by atoms with Gasteiger partial charge in [0, 0.05) is 17.3 Å². The molecule has 19 heavy (non-hydrogen) atoms. The lowest BCUT2D eigenvalue weighted by atomic mass is 10.0. The lowest BCUT2D eigenvalue weighted by Crippen LogP contribution is -2.08. The summed E-state index contributed by atoms with van der Waals surface area (Å²) in [4.78, 5) is 0. The van der Waals surface area contributed by atoms with Crippen LogP contribution in [0.15, 0.2) is 36.4 Å². The molecule has 0 aliphatic carbocycles. The summed E-state index contributed by atoms with van der Waals surface area (Å²) in [5.74, 6) is -0.169. The van der Waals surface area contributed by atoms with Gasteiger partial charge >= 0.3 is 0 Å². The van der Waals surface area contributed by atoms with Crippen molar-refractivity contribution in [2.75, 3.05) is 5.32 Å². The Kier molecular flexibility index (Phi) is 3.89. The molecule has 0 saturated carbocycles. The number of aryl methyl sites for hydroxylation is 2. The molecule has 2 aromatic carbocycles. The second-order valence-electron chi connectivity index (χ2n) is 5.20. The summed E-state index contributed by atoms with van der Waals surface area (Å²) in [5.41, 5.74) is 5.24. The van der Waals surface area contributed by atoms with E-state index in [0.29, 0.717) is 5.56 Å². The Labute approximate surface area is 114 Å².